The molecule has 0 saturated carbocycles. The summed E-state index contributed by atoms with van der Waals surface area (Å²) < 4.78 is 77.4. The molecule has 0 aliphatic rings. The fraction of sp³-hybridized carbons (Fsp3) is 0.136. The van der Waals surface area contributed by atoms with Gasteiger partial charge in [-0.3, -0.25) is 9.52 Å². The van der Waals surface area contributed by atoms with Crippen molar-refractivity contribution < 1.29 is 35.9 Å². The van der Waals surface area contributed by atoms with E-state index in [1.54, 1.807) is 12.1 Å². The van der Waals surface area contributed by atoms with Gasteiger partial charge < -0.3 is 14.8 Å². The topological polar surface area (TPSA) is 93.7 Å². The Morgan fingerprint density at radius 3 is 2.29 bits per heavy atom. The fourth-order valence-electron chi connectivity index (χ4n) is 2.83. The van der Waals surface area contributed by atoms with Crippen LogP contribution in [-0.4, -0.2) is 28.0 Å². The molecule has 2 N–H and O–H groups in total. The quantitative estimate of drug-likeness (QED) is 0.369. The average Bonchev–Trinajstić information content (AvgIpc) is 2.79. The van der Waals surface area contributed by atoms with Gasteiger partial charge in [0.05, 0.1) is 28.3 Å². The molecule has 35 heavy (non-hydrogen) atoms. The van der Waals surface area contributed by atoms with Gasteiger partial charge in [-0.25, -0.2) is 8.42 Å². The summed E-state index contributed by atoms with van der Waals surface area (Å²) in [6.45, 7) is -0.685. The van der Waals surface area contributed by atoms with E-state index < -0.39 is 40.0 Å². The zero-order valence-electron chi connectivity index (χ0n) is 17.8. The van der Waals surface area contributed by atoms with Crippen LogP contribution in [0, 0.1) is 0 Å². The van der Waals surface area contributed by atoms with Crippen molar-refractivity contribution in [2.75, 3.05) is 23.8 Å². The number of hydrogen-bond acceptors (Lipinski definition) is 5. The molecule has 0 aromatic heterocycles. The molecule has 3 rings (SSSR count). The van der Waals surface area contributed by atoms with Crippen molar-refractivity contribution in [3.05, 3.63) is 76.3 Å². The van der Waals surface area contributed by atoms with Crippen LogP contribution in [-0.2, 0) is 21.0 Å². The molecule has 13 heteroatoms. The van der Waals surface area contributed by atoms with Gasteiger partial charge >= 0.3 is 6.18 Å². The monoisotopic (exact) mass is 548 g/mol. The van der Waals surface area contributed by atoms with Crippen molar-refractivity contribution in [2.24, 2.45) is 0 Å². The van der Waals surface area contributed by atoms with Gasteiger partial charge in [-0.15, -0.1) is 0 Å². The Morgan fingerprint density at radius 1 is 1.00 bits per heavy atom. The van der Waals surface area contributed by atoms with E-state index in [0.29, 0.717) is 17.5 Å². The van der Waals surface area contributed by atoms with Crippen molar-refractivity contribution >= 4 is 50.5 Å². The third kappa shape index (κ3) is 6.93. The van der Waals surface area contributed by atoms with Crippen molar-refractivity contribution in [3.8, 4) is 11.5 Å². The fourth-order valence-corrected chi connectivity index (χ4v) is 4.38. The second-order valence-corrected chi connectivity index (χ2v) is 9.48. The highest BCUT2D eigenvalue weighted by atomic mass is 35.5. The molecule has 0 unspecified atom stereocenters. The summed E-state index contributed by atoms with van der Waals surface area (Å²) in [7, 11) is -2.52. The van der Waals surface area contributed by atoms with E-state index in [4.69, 9.17) is 32.7 Å². The SMILES string of the molecule is COc1ccc(NS(=O)(=O)c2ccc(OCC(=O)Nc3ccc(Cl)cc3C(F)(F)F)c(Cl)c2)cc1. The minimum atomic E-state index is -4.74. The molecule has 186 valence electrons. The molecule has 0 radical (unpaired) electrons. The molecule has 0 atom stereocenters. The lowest BCUT2D eigenvalue weighted by Gasteiger charge is -2.15. The van der Waals surface area contributed by atoms with Gasteiger partial charge in [-0.05, 0) is 60.7 Å². The maximum absolute atomic E-state index is 13.2. The second kappa shape index (κ2) is 10.6. The molecule has 1 amide bonds. The van der Waals surface area contributed by atoms with E-state index in [1.165, 1.54) is 37.4 Å². The van der Waals surface area contributed by atoms with Crippen LogP contribution < -0.4 is 19.5 Å². The molecular weight excluding hydrogens is 532 g/mol. The third-order valence-corrected chi connectivity index (χ3v) is 6.39. The minimum Gasteiger partial charge on any atom is -0.497 e. The Morgan fingerprint density at radius 2 is 1.69 bits per heavy atom. The molecule has 3 aromatic carbocycles. The predicted octanol–water partition coefficient (Wildman–Crippen LogP) is 5.84. The molecule has 0 fully saturated rings. The standard InChI is InChI=1S/C22H17Cl2F3N2O5S/c1-33-15-5-3-14(4-6-15)29-35(31,32)16-7-9-20(18(24)11-16)34-12-21(30)28-19-8-2-13(23)10-17(19)22(25,26)27/h2-11,29H,12H2,1H3,(H,28,30). The summed E-state index contributed by atoms with van der Waals surface area (Å²) in [5.41, 5.74) is -1.32. The first kappa shape index (κ1) is 26.5. The molecule has 3 aromatic rings. The van der Waals surface area contributed by atoms with E-state index in [9.17, 15) is 26.4 Å². The van der Waals surface area contributed by atoms with E-state index >= 15 is 0 Å². The number of halogens is 5. The summed E-state index contributed by atoms with van der Waals surface area (Å²) in [6, 6.07) is 12.6. The number of rotatable bonds is 8. The van der Waals surface area contributed by atoms with Gasteiger partial charge in [0.25, 0.3) is 15.9 Å². The van der Waals surface area contributed by atoms with Gasteiger partial charge in [0.1, 0.15) is 11.5 Å². The molecule has 7 nitrogen and oxygen atoms in total. The maximum Gasteiger partial charge on any atom is 0.418 e. The van der Waals surface area contributed by atoms with Crippen LogP contribution in [0.2, 0.25) is 10.0 Å². The highest BCUT2D eigenvalue weighted by molar-refractivity contribution is 7.92. The highest BCUT2D eigenvalue weighted by Gasteiger charge is 2.34. The first-order valence-electron chi connectivity index (χ1n) is 9.65. The molecule has 0 heterocycles. The van der Waals surface area contributed by atoms with Crippen molar-refractivity contribution in [3.63, 3.8) is 0 Å². The predicted molar refractivity (Wildman–Crippen MR) is 126 cm³/mol. The van der Waals surface area contributed by atoms with Gasteiger partial charge in [0.15, 0.2) is 6.61 Å². The maximum atomic E-state index is 13.2. The lowest BCUT2D eigenvalue weighted by Crippen LogP contribution is -2.22. The number of nitrogens with one attached hydrogen (secondary N) is 2. The van der Waals surface area contributed by atoms with E-state index in [-0.39, 0.29) is 20.7 Å². The Labute approximate surface area is 208 Å². The number of carbonyl (C=O) groups excluding carboxylic acids is 1. The summed E-state index contributed by atoms with van der Waals surface area (Å²) in [5.74, 6) is -0.392. The number of carbonyl (C=O) groups is 1. The van der Waals surface area contributed by atoms with Crippen LogP contribution in [0.5, 0.6) is 11.5 Å². The minimum absolute atomic E-state index is 0.0441. The summed E-state index contributed by atoms with van der Waals surface area (Å²) in [4.78, 5) is 12.0. The Bertz CT molecular complexity index is 1330. The number of alkyl halides is 3. The summed E-state index contributed by atoms with van der Waals surface area (Å²) in [6.07, 6.45) is -4.74. The first-order chi connectivity index (χ1) is 16.4. The molecule has 0 aliphatic heterocycles. The molecule has 0 saturated heterocycles. The van der Waals surface area contributed by atoms with E-state index in [1.807, 2.05) is 0 Å². The Balaban J connectivity index is 1.67. The van der Waals surface area contributed by atoms with Crippen LogP contribution in [0.15, 0.2) is 65.6 Å². The van der Waals surface area contributed by atoms with E-state index in [0.717, 1.165) is 12.1 Å². The number of benzene rings is 3. The van der Waals surface area contributed by atoms with Crippen molar-refractivity contribution in [2.45, 2.75) is 11.1 Å². The summed E-state index contributed by atoms with van der Waals surface area (Å²) >= 11 is 11.7. The van der Waals surface area contributed by atoms with E-state index in [2.05, 4.69) is 10.0 Å². The number of amides is 1. The van der Waals surface area contributed by atoms with Crippen LogP contribution >= 0.6 is 23.2 Å². The number of sulfonamides is 1. The van der Waals surface area contributed by atoms with Gasteiger partial charge in [-0.1, -0.05) is 23.2 Å². The zero-order valence-corrected chi connectivity index (χ0v) is 20.1. The average molecular weight is 549 g/mol. The normalized spacial score (nSPS) is 11.6. The van der Waals surface area contributed by atoms with Gasteiger partial charge in [0.2, 0.25) is 0 Å². The third-order valence-electron chi connectivity index (χ3n) is 4.48. The van der Waals surface area contributed by atoms with Crippen LogP contribution in [0.1, 0.15) is 5.56 Å². The first-order valence-corrected chi connectivity index (χ1v) is 11.9. The van der Waals surface area contributed by atoms with Crippen molar-refractivity contribution in [1.29, 1.82) is 0 Å². The summed E-state index contributed by atoms with van der Waals surface area (Å²) in [5, 5.41) is 1.83. The van der Waals surface area contributed by atoms with Gasteiger partial charge in [-0.2, -0.15) is 13.2 Å². The molecule has 0 aliphatic carbocycles. The molecular formula is C22H17Cl2F3N2O5S. The second-order valence-electron chi connectivity index (χ2n) is 6.95. The van der Waals surface area contributed by atoms with Crippen LogP contribution in [0.3, 0.4) is 0 Å². The lowest BCUT2D eigenvalue weighted by atomic mass is 10.1. The number of anilines is 2. The Hall–Kier alpha value is -3.15. The lowest BCUT2D eigenvalue weighted by molar-refractivity contribution is -0.137. The van der Waals surface area contributed by atoms with Crippen LogP contribution in [0.4, 0.5) is 24.5 Å². The van der Waals surface area contributed by atoms with Crippen molar-refractivity contribution in [1.82, 2.24) is 0 Å². The van der Waals surface area contributed by atoms with Gasteiger partial charge in [0, 0.05) is 10.7 Å². The number of ether oxygens (including phenoxy) is 2. The molecule has 0 bridgehead atoms. The Kier molecular flexibility index (Phi) is 8.04. The largest absolute Gasteiger partial charge is 0.497 e. The zero-order chi connectivity index (χ0) is 25.8. The van der Waals surface area contributed by atoms with Crippen LogP contribution in [0.25, 0.3) is 0 Å². The number of methoxy groups -OCH3 is 1. The molecule has 0 spiro atoms. The smallest absolute Gasteiger partial charge is 0.418 e. The highest BCUT2D eigenvalue weighted by Crippen LogP contribution is 2.36. The number of hydrogen-bond donors (Lipinski definition) is 2.